The molecule has 0 bridgehead atoms. The van der Waals surface area contributed by atoms with Crippen LogP contribution in [0.1, 0.15) is 44.6 Å². The van der Waals surface area contributed by atoms with Gasteiger partial charge in [0.1, 0.15) is 5.78 Å². The van der Waals surface area contributed by atoms with Crippen LogP contribution in [-0.2, 0) is 4.79 Å². The van der Waals surface area contributed by atoms with Crippen molar-refractivity contribution in [3.63, 3.8) is 0 Å². The highest BCUT2D eigenvalue weighted by Crippen LogP contribution is 2.18. The van der Waals surface area contributed by atoms with Crippen LogP contribution in [0, 0.1) is 0 Å². The van der Waals surface area contributed by atoms with Gasteiger partial charge >= 0.3 is 0 Å². The van der Waals surface area contributed by atoms with Crippen molar-refractivity contribution in [2.45, 2.75) is 39.0 Å². The van der Waals surface area contributed by atoms with Gasteiger partial charge in [-0.05, 0) is 37.3 Å². The van der Waals surface area contributed by atoms with Gasteiger partial charge < -0.3 is 4.79 Å². The topological polar surface area (TPSA) is 17.1 Å². The summed E-state index contributed by atoms with van der Waals surface area (Å²) in [6.45, 7) is 5.75. The van der Waals surface area contributed by atoms with Gasteiger partial charge in [0.2, 0.25) is 0 Å². The normalized spacial score (nSPS) is 10.1. The number of benzene rings is 1. The van der Waals surface area contributed by atoms with E-state index in [-0.39, 0.29) is 0 Å². The van der Waals surface area contributed by atoms with E-state index in [4.69, 9.17) is 0 Å². The molecule has 0 aliphatic heterocycles. The van der Waals surface area contributed by atoms with Crippen molar-refractivity contribution in [2.24, 2.45) is 0 Å². The van der Waals surface area contributed by atoms with Crippen LogP contribution in [0.25, 0.3) is 5.57 Å². The van der Waals surface area contributed by atoms with E-state index < -0.39 is 0 Å². The number of allylic oxidation sites excluding steroid dienone is 1. The van der Waals surface area contributed by atoms with Crippen molar-refractivity contribution in [3.8, 4) is 0 Å². The third kappa shape index (κ3) is 4.92. The number of rotatable bonds is 7. The molecule has 0 aliphatic carbocycles. The van der Waals surface area contributed by atoms with Crippen molar-refractivity contribution in [1.29, 1.82) is 0 Å². The van der Waals surface area contributed by atoms with Gasteiger partial charge in [-0.1, -0.05) is 43.3 Å². The number of carbonyl (C=O) groups excluding carboxylic acids is 1. The molecule has 0 aromatic heterocycles. The van der Waals surface area contributed by atoms with E-state index in [2.05, 4.69) is 18.7 Å². The van der Waals surface area contributed by atoms with E-state index in [1.807, 2.05) is 18.2 Å². The van der Waals surface area contributed by atoms with Gasteiger partial charge in [0.15, 0.2) is 0 Å². The molecular weight excluding hydrogens is 196 g/mol. The second kappa shape index (κ2) is 7.00. The average molecular weight is 216 g/mol. The summed E-state index contributed by atoms with van der Waals surface area (Å²) in [7, 11) is 0. The van der Waals surface area contributed by atoms with Crippen molar-refractivity contribution in [1.82, 2.24) is 0 Å². The van der Waals surface area contributed by atoms with Crippen molar-refractivity contribution in [3.05, 3.63) is 42.5 Å². The maximum Gasteiger partial charge on any atom is 0.129 e. The summed E-state index contributed by atoms with van der Waals surface area (Å²) in [6.07, 6.45) is 5.00. The number of carbonyl (C=O) groups is 1. The van der Waals surface area contributed by atoms with E-state index >= 15 is 0 Å². The summed E-state index contributed by atoms with van der Waals surface area (Å²) in [4.78, 5) is 10.7. The zero-order valence-corrected chi connectivity index (χ0v) is 10.0. The van der Waals surface area contributed by atoms with E-state index in [0.717, 1.165) is 32.1 Å². The minimum atomic E-state index is 0.293. The Hall–Kier alpha value is -1.37. The largest absolute Gasteiger partial charge is 0.300 e. The van der Waals surface area contributed by atoms with Crippen LogP contribution in [0.3, 0.4) is 0 Å². The second-order valence-corrected chi connectivity index (χ2v) is 4.23. The lowest BCUT2D eigenvalue weighted by molar-refractivity contribution is -0.117. The SMILES string of the molecule is C=C(CCCCCC(C)=O)c1ccccc1. The van der Waals surface area contributed by atoms with Crippen LogP contribution in [0.5, 0.6) is 0 Å². The van der Waals surface area contributed by atoms with Gasteiger partial charge in [0.25, 0.3) is 0 Å². The van der Waals surface area contributed by atoms with Crippen LogP contribution in [-0.4, -0.2) is 5.78 Å². The number of ketones is 1. The Labute approximate surface area is 98.2 Å². The van der Waals surface area contributed by atoms with Gasteiger partial charge in [-0.2, -0.15) is 0 Å². The smallest absolute Gasteiger partial charge is 0.129 e. The van der Waals surface area contributed by atoms with Crippen LogP contribution < -0.4 is 0 Å². The molecule has 0 saturated heterocycles. The first-order valence-corrected chi connectivity index (χ1v) is 5.93. The molecule has 0 saturated carbocycles. The zero-order valence-electron chi connectivity index (χ0n) is 10.0. The van der Waals surface area contributed by atoms with Gasteiger partial charge in [-0.25, -0.2) is 0 Å². The Balaban J connectivity index is 2.19. The number of hydrogen-bond donors (Lipinski definition) is 0. The quantitative estimate of drug-likeness (QED) is 0.623. The number of Topliss-reactive ketones (excluding diaryl/α,β-unsaturated/α-hetero) is 1. The third-order valence-corrected chi connectivity index (χ3v) is 2.69. The van der Waals surface area contributed by atoms with Gasteiger partial charge in [0.05, 0.1) is 0 Å². The molecule has 1 aromatic rings. The second-order valence-electron chi connectivity index (χ2n) is 4.23. The monoisotopic (exact) mass is 216 g/mol. The fourth-order valence-electron chi connectivity index (χ4n) is 1.71. The molecule has 0 N–H and O–H groups in total. The molecule has 0 aliphatic rings. The van der Waals surface area contributed by atoms with Gasteiger partial charge in [0, 0.05) is 6.42 Å². The van der Waals surface area contributed by atoms with Crippen molar-refractivity contribution >= 4 is 11.4 Å². The summed E-state index contributed by atoms with van der Waals surface area (Å²) in [5.74, 6) is 0.293. The Kier molecular flexibility index (Phi) is 5.55. The minimum Gasteiger partial charge on any atom is -0.300 e. The maximum atomic E-state index is 10.7. The molecule has 0 amide bonds. The van der Waals surface area contributed by atoms with Crippen molar-refractivity contribution in [2.75, 3.05) is 0 Å². The highest BCUT2D eigenvalue weighted by atomic mass is 16.1. The fraction of sp³-hybridized carbons (Fsp3) is 0.400. The molecule has 0 heterocycles. The molecule has 0 spiro atoms. The molecule has 0 unspecified atom stereocenters. The van der Waals surface area contributed by atoms with Crippen LogP contribution in [0.15, 0.2) is 36.9 Å². The zero-order chi connectivity index (χ0) is 11.8. The van der Waals surface area contributed by atoms with Crippen LogP contribution in [0.4, 0.5) is 0 Å². The van der Waals surface area contributed by atoms with E-state index in [0.29, 0.717) is 5.78 Å². The summed E-state index contributed by atoms with van der Waals surface area (Å²) >= 11 is 0. The lowest BCUT2D eigenvalue weighted by Gasteiger charge is -2.05. The lowest BCUT2D eigenvalue weighted by atomic mass is 10.0. The van der Waals surface area contributed by atoms with Crippen LogP contribution >= 0.6 is 0 Å². The number of hydrogen-bond acceptors (Lipinski definition) is 1. The molecule has 1 aromatic carbocycles. The summed E-state index contributed by atoms with van der Waals surface area (Å²) < 4.78 is 0. The van der Waals surface area contributed by atoms with Gasteiger partial charge in [-0.3, -0.25) is 0 Å². The highest BCUT2D eigenvalue weighted by molar-refractivity contribution is 5.75. The maximum absolute atomic E-state index is 10.7. The third-order valence-electron chi connectivity index (χ3n) is 2.69. The Morgan fingerprint density at radius 2 is 1.69 bits per heavy atom. The molecular formula is C15H20O. The first kappa shape index (κ1) is 12.7. The van der Waals surface area contributed by atoms with Crippen molar-refractivity contribution < 1.29 is 4.79 Å². The standard InChI is InChI=1S/C15H20O/c1-13(15-11-7-4-8-12-15)9-5-3-6-10-14(2)16/h4,7-8,11-12H,1,3,5-6,9-10H2,2H3. The molecule has 86 valence electrons. The minimum absolute atomic E-state index is 0.293. The lowest BCUT2D eigenvalue weighted by Crippen LogP contribution is -1.89. The molecule has 16 heavy (non-hydrogen) atoms. The summed E-state index contributed by atoms with van der Waals surface area (Å²) in [5, 5.41) is 0. The number of unbranched alkanes of at least 4 members (excludes halogenated alkanes) is 2. The predicted molar refractivity (Wildman–Crippen MR) is 69.2 cm³/mol. The van der Waals surface area contributed by atoms with E-state index in [9.17, 15) is 4.79 Å². The first-order valence-electron chi connectivity index (χ1n) is 5.93. The van der Waals surface area contributed by atoms with Crippen LogP contribution in [0.2, 0.25) is 0 Å². The highest BCUT2D eigenvalue weighted by Gasteiger charge is 1.98. The molecule has 1 heteroatoms. The fourth-order valence-corrected chi connectivity index (χ4v) is 1.71. The Morgan fingerprint density at radius 3 is 2.31 bits per heavy atom. The predicted octanol–water partition coefficient (Wildman–Crippen LogP) is 4.24. The molecule has 0 radical (unpaired) electrons. The van der Waals surface area contributed by atoms with Gasteiger partial charge in [-0.15, -0.1) is 0 Å². The first-order chi connectivity index (χ1) is 7.70. The molecule has 1 nitrogen and oxygen atoms in total. The molecule has 0 fully saturated rings. The van der Waals surface area contributed by atoms with E-state index in [1.54, 1.807) is 6.92 Å². The van der Waals surface area contributed by atoms with E-state index in [1.165, 1.54) is 11.1 Å². The average Bonchev–Trinajstić information content (AvgIpc) is 2.29. The summed E-state index contributed by atoms with van der Waals surface area (Å²) in [5.41, 5.74) is 2.43. The Bertz CT molecular complexity index is 338. The molecule has 1 rings (SSSR count). The summed E-state index contributed by atoms with van der Waals surface area (Å²) in [6, 6.07) is 10.3. The Morgan fingerprint density at radius 1 is 1.06 bits per heavy atom. The molecule has 0 atom stereocenters.